The fourth-order valence-corrected chi connectivity index (χ4v) is 3.77. The fourth-order valence-electron chi connectivity index (χ4n) is 3.77. The number of nitrogens with one attached hydrogen (secondary N) is 2. The minimum atomic E-state index is -0.833. The van der Waals surface area contributed by atoms with Crippen LogP contribution in [-0.2, 0) is 33.9 Å². The first-order valence-corrected chi connectivity index (χ1v) is 11.2. The Hall–Kier alpha value is -3.37. The summed E-state index contributed by atoms with van der Waals surface area (Å²) in [4.78, 5) is 41.8. The summed E-state index contributed by atoms with van der Waals surface area (Å²) < 4.78 is 0. The molecule has 0 radical (unpaired) electrons. The molecule has 4 rings (SSSR count). The average molecular weight is 472 g/mol. The van der Waals surface area contributed by atoms with E-state index in [1.807, 2.05) is 24.4 Å². The molecule has 10 nitrogen and oxygen atoms in total. The standard InChI is InChI=1S/C20H25N5O.2C2H4O2/c1-25-10-9-17-15(13-25)11-21-19(24-17)12-22-20(26)18-8-7-16(23-18)14-5-3-2-4-6-14;2*1-2(3)4/h2-6,11,16,18,23H,7-10,12-13H2,1H3,(H,22,26);2*1H3,(H,3,4)/t16-,18-;;/m1../s1. The second-order valence-corrected chi connectivity index (χ2v) is 8.26. The van der Waals surface area contributed by atoms with Crippen LogP contribution in [-0.4, -0.2) is 62.6 Å². The Morgan fingerprint density at radius 3 is 2.41 bits per heavy atom. The Labute approximate surface area is 199 Å². The van der Waals surface area contributed by atoms with Crippen LogP contribution in [0.15, 0.2) is 36.5 Å². The number of amides is 1. The quantitative estimate of drug-likeness (QED) is 0.524. The fraction of sp³-hybridized carbons (Fsp3) is 0.458. The lowest BCUT2D eigenvalue weighted by Gasteiger charge is -2.24. The summed E-state index contributed by atoms with van der Waals surface area (Å²) in [5.74, 6) is -0.941. The van der Waals surface area contributed by atoms with Crippen molar-refractivity contribution in [2.75, 3.05) is 13.6 Å². The van der Waals surface area contributed by atoms with Crippen LogP contribution >= 0.6 is 0 Å². The molecule has 34 heavy (non-hydrogen) atoms. The highest BCUT2D eigenvalue weighted by atomic mass is 16.4. The number of nitrogens with zero attached hydrogens (tertiary/aromatic N) is 3. The van der Waals surface area contributed by atoms with Gasteiger partial charge >= 0.3 is 0 Å². The van der Waals surface area contributed by atoms with Gasteiger partial charge in [-0.25, -0.2) is 9.97 Å². The van der Waals surface area contributed by atoms with Crippen LogP contribution in [0.3, 0.4) is 0 Å². The third-order valence-corrected chi connectivity index (χ3v) is 5.26. The third-order valence-electron chi connectivity index (χ3n) is 5.26. The van der Waals surface area contributed by atoms with Gasteiger partial charge in [0.2, 0.25) is 5.91 Å². The zero-order valence-corrected chi connectivity index (χ0v) is 19.8. The summed E-state index contributed by atoms with van der Waals surface area (Å²) in [6.45, 7) is 4.47. The number of hydrogen-bond acceptors (Lipinski definition) is 7. The van der Waals surface area contributed by atoms with Gasteiger partial charge in [-0.15, -0.1) is 0 Å². The SMILES string of the molecule is CC(=O)O.CC(=O)O.CN1CCc2nc(CNC(=O)[C@H]3CC[C@H](c4ccccc4)N3)ncc2C1. The highest BCUT2D eigenvalue weighted by Gasteiger charge is 2.29. The number of carbonyl (C=O) groups excluding carboxylic acids is 1. The average Bonchev–Trinajstić information content (AvgIpc) is 3.28. The van der Waals surface area contributed by atoms with Crippen molar-refractivity contribution in [2.45, 2.75) is 58.3 Å². The molecule has 0 bridgehead atoms. The summed E-state index contributed by atoms with van der Waals surface area (Å²) >= 11 is 0. The van der Waals surface area contributed by atoms with Crippen LogP contribution in [0, 0.1) is 0 Å². The molecule has 0 unspecified atom stereocenters. The Bertz CT molecular complexity index is 949. The Morgan fingerprint density at radius 1 is 1.12 bits per heavy atom. The van der Waals surface area contributed by atoms with Crippen LogP contribution in [0.2, 0.25) is 0 Å². The number of aromatic nitrogens is 2. The van der Waals surface area contributed by atoms with Crippen molar-refractivity contribution >= 4 is 17.8 Å². The molecule has 1 saturated heterocycles. The predicted octanol–water partition coefficient (Wildman–Crippen LogP) is 1.76. The second-order valence-electron chi connectivity index (χ2n) is 8.26. The van der Waals surface area contributed by atoms with Crippen LogP contribution in [0.4, 0.5) is 0 Å². The Kier molecular flexibility index (Phi) is 10.6. The zero-order valence-electron chi connectivity index (χ0n) is 19.8. The largest absolute Gasteiger partial charge is 0.481 e. The molecule has 0 aliphatic carbocycles. The second kappa shape index (κ2) is 13.4. The number of carbonyl (C=O) groups is 3. The topological polar surface area (TPSA) is 145 Å². The number of carboxylic acids is 2. The van der Waals surface area contributed by atoms with Gasteiger partial charge in [-0.2, -0.15) is 0 Å². The van der Waals surface area contributed by atoms with Gasteiger partial charge in [0.05, 0.1) is 12.6 Å². The van der Waals surface area contributed by atoms with Crippen LogP contribution in [0.5, 0.6) is 0 Å². The van der Waals surface area contributed by atoms with Crippen molar-refractivity contribution in [2.24, 2.45) is 0 Å². The molecule has 0 saturated carbocycles. The van der Waals surface area contributed by atoms with E-state index in [1.165, 1.54) is 11.1 Å². The number of carboxylic acid groups (broad SMARTS) is 2. The van der Waals surface area contributed by atoms with E-state index in [1.54, 1.807) is 0 Å². The van der Waals surface area contributed by atoms with E-state index in [2.05, 4.69) is 44.7 Å². The molecule has 1 aromatic heterocycles. The molecular weight excluding hydrogens is 438 g/mol. The van der Waals surface area contributed by atoms with Crippen molar-refractivity contribution in [3.8, 4) is 0 Å². The molecule has 2 atom stereocenters. The van der Waals surface area contributed by atoms with E-state index in [9.17, 15) is 4.79 Å². The summed E-state index contributed by atoms with van der Waals surface area (Å²) in [5.41, 5.74) is 3.55. The van der Waals surface area contributed by atoms with Crippen molar-refractivity contribution in [1.82, 2.24) is 25.5 Å². The first kappa shape index (κ1) is 26.9. The molecule has 1 amide bonds. The maximum Gasteiger partial charge on any atom is 0.300 e. The summed E-state index contributed by atoms with van der Waals surface area (Å²) in [5, 5.41) is 21.3. The lowest BCUT2D eigenvalue weighted by Crippen LogP contribution is -2.41. The van der Waals surface area contributed by atoms with E-state index in [0.29, 0.717) is 12.4 Å². The molecule has 4 N–H and O–H groups in total. The number of rotatable bonds is 4. The zero-order chi connectivity index (χ0) is 25.1. The minimum absolute atomic E-state index is 0.0319. The van der Waals surface area contributed by atoms with E-state index in [-0.39, 0.29) is 18.0 Å². The Balaban J connectivity index is 0.000000446. The van der Waals surface area contributed by atoms with Crippen molar-refractivity contribution in [3.05, 3.63) is 59.2 Å². The smallest absolute Gasteiger partial charge is 0.300 e. The van der Waals surface area contributed by atoms with Gasteiger partial charge in [-0.05, 0) is 25.5 Å². The van der Waals surface area contributed by atoms with E-state index in [0.717, 1.165) is 51.9 Å². The van der Waals surface area contributed by atoms with E-state index in [4.69, 9.17) is 19.8 Å². The molecule has 1 aromatic carbocycles. The number of aliphatic carboxylic acids is 2. The van der Waals surface area contributed by atoms with Gasteiger partial charge in [-0.3, -0.25) is 19.7 Å². The van der Waals surface area contributed by atoms with Gasteiger partial charge in [-0.1, -0.05) is 30.3 Å². The summed E-state index contributed by atoms with van der Waals surface area (Å²) in [6, 6.07) is 10.4. The van der Waals surface area contributed by atoms with Gasteiger partial charge in [0.15, 0.2) is 0 Å². The third kappa shape index (κ3) is 9.24. The molecule has 1 fully saturated rings. The lowest BCUT2D eigenvalue weighted by atomic mass is 10.1. The summed E-state index contributed by atoms with van der Waals surface area (Å²) in [7, 11) is 2.11. The predicted molar refractivity (Wildman–Crippen MR) is 126 cm³/mol. The normalized spacial score (nSPS) is 18.9. The van der Waals surface area contributed by atoms with Crippen LogP contribution < -0.4 is 10.6 Å². The number of likely N-dealkylation sites (N-methyl/N-ethyl adjacent to an activating group) is 1. The number of fused-ring (bicyclic) bond motifs is 1. The first-order valence-electron chi connectivity index (χ1n) is 11.2. The van der Waals surface area contributed by atoms with Gasteiger partial charge in [0.1, 0.15) is 5.82 Å². The minimum Gasteiger partial charge on any atom is -0.481 e. The maximum atomic E-state index is 12.5. The van der Waals surface area contributed by atoms with Crippen LogP contribution in [0.1, 0.15) is 55.4 Å². The van der Waals surface area contributed by atoms with E-state index < -0.39 is 11.9 Å². The lowest BCUT2D eigenvalue weighted by molar-refractivity contribution is -0.135. The van der Waals surface area contributed by atoms with Crippen molar-refractivity contribution < 1.29 is 24.6 Å². The van der Waals surface area contributed by atoms with Crippen molar-refractivity contribution in [1.29, 1.82) is 0 Å². The van der Waals surface area contributed by atoms with Crippen molar-refractivity contribution in [3.63, 3.8) is 0 Å². The van der Waals surface area contributed by atoms with Crippen LogP contribution in [0.25, 0.3) is 0 Å². The molecule has 0 spiro atoms. The monoisotopic (exact) mass is 471 g/mol. The number of hydrogen-bond donors (Lipinski definition) is 4. The van der Waals surface area contributed by atoms with E-state index >= 15 is 0 Å². The molecule has 2 aliphatic heterocycles. The first-order chi connectivity index (χ1) is 16.2. The van der Waals surface area contributed by atoms with Gasteiger partial charge in [0.25, 0.3) is 11.9 Å². The highest BCUT2D eigenvalue weighted by molar-refractivity contribution is 5.82. The molecule has 184 valence electrons. The van der Waals surface area contributed by atoms with Gasteiger partial charge < -0.3 is 20.4 Å². The number of benzene rings is 1. The maximum absolute atomic E-state index is 12.5. The van der Waals surface area contributed by atoms with Gasteiger partial charge in [0, 0.05) is 56.9 Å². The molecule has 2 aromatic rings. The summed E-state index contributed by atoms with van der Waals surface area (Å²) in [6.07, 6.45) is 4.67. The Morgan fingerprint density at radius 2 is 1.76 bits per heavy atom. The molecular formula is C24H33N5O5. The highest BCUT2D eigenvalue weighted by Crippen LogP contribution is 2.26. The molecule has 10 heteroatoms. The molecule has 3 heterocycles. The molecule has 2 aliphatic rings.